The molecule has 1 rings (SSSR count). The molecule has 0 spiro atoms. The van der Waals surface area contributed by atoms with Gasteiger partial charge >= 0.3 is 0 Å². The van der Waals surface area contributed by atoms with Gasteiger partial charge in [0.1, 0.15) is 5.60 Å². The zero-order valence-corrected chi connectivity index (χ0v) is 10.7. The number of aromatic nitrogens is 1. The Morgan fingerprint density at radius 2 is 2.00 bits per heavy atom. The van der Waals surface area contributed by atoms with E-state index in [0.717, 1.165) is 24.1 Å². The molecule has 0 bridgehead atoms. The highest BCUT2D eigenvalue weighted by Gasteiger charge is 2.17. The maximum atomic E-state index is 5.87. The Morgan fingerprint density at radius 1 is 1.31 bits per heavy atom. The average Bonchev–Trinajstić information content (AvgIpc) is 2.28. The first-order chi connectivity index (χ1) is 7.50. The van der Waals surface area contributed by atoms with Crippen LogP contribution in [-0.4, -0.2) is 10.6 Å². The summed E-state index contributed by atoms with van der Waals surface area (Å²) >= 11 is 0. The van der Waals surface area contributed by atoms with Gasteiger partial charge in [0.2, 0.25) is 5.88 Å². The molecule has 3 nitrogen and oxygen atoms in total. The van der Waals surface area contributed by atoms with Crippen molar-refractivity contribution in [2.24, 2.45) is 5.73 Å². The third kappa shape index (κ3) is 3.49. The molecule has 0 aliphatic carbocycles. The fourth-order valence-electron chi connectivity index (χ4n) is 1.33. The van der Waals surface area contributed by atoms with E-state index in [1.807, 2.05) is 12.1 Å². The summed E-state index contributed by atoms with van der Waals surface area (Å²) < 4.78 is 5.87. The van der Waals surface area contributed by atoms with E-state index in [0.29, 0.717) is 12.4 Å². The molecule has 0 aliphatic heterocycles. The van der Waals surface area contributed by atoms with Crippen molar-refractivity contribution in [2.45, 2.75) is 52.7 Å². The molecule has 0 aliphatic rings. The van der Waals surface area contributed by atoms with Gasteiger partial charge in [-0.15, -0.1) is 0 Å². The van der Waals surface area contributed by atoms with Crippen LogP contribution in [-0.2, 0) is 13.0 Å². The molecule has 0 atom stereocenters. The van der Waals surface area contributed by atoms with Crippen LogP contribution in [0.1, 0.15) is 45.4 Å². The lowest BCUT2D eigenvalue weighted by molar-refractivity contribution is 0.0986. The van der Waals surface area contributed by atoms with Crippen molar-refractivity contribution in [2.75, 3.05) is 0 Å². The molecule has 0 amide bonds. The van der Waals surface area contributed by atoms with Crippen LogP contribution in [0.5, 0.6) is 5.88 Å². The predicted octanol–water partition coefficient (Wildman–Crippen LogP) is 2.67. The molecule has 1 aromatic rings. The number of nitrogens with two attached hydrogens (primary N) is 1. The molecule has 0 saturated carbocycles. The van der Waals surface area contributed by atoms with Crippen LogP contribution in [0.15, 0.2) is 12.1 Å². The van der Waals surface area contributed by atoms with Gasteiger partial charge in [-0.3, -0.25) is 0 Å². The second-order valence-corrected chi connectivity index (χ2v) is 4.58. The van der Waals surface area contributed by atoms with Crippen LogP contribution in [0.2, 0.25) is 0 Å². The van der Waals surface area contributed by atoms with Crippen LogP contribution in [0.4, 0.5) is 0 Å². The van der Waals surface area contributed by atoms with E-state index in [4.69, 9.17) is 10.5 Å². The third-order valence-electron chi connectivity index (χ3n) is 2.74. The maximum Gasteiger partial charge on any atom is 0.214 e. The first-order valence-electron chi connectivity index (χ1n) is 5.89. The van der Waals surface area contributed by atoms with Crippen LogP contribution < -0.4 is 10.5 Å². The standard InChI is InChI=1S/C13H22N2O/c1-5-11-7-10(9-14)8-12(15-11)16-13(3,4)6-2/h7-8H,5-6,9,14H2,1-4H3. The number of hydrogen-bond acceptors (Lipinski definition) is 3. The van der Waals surface area contributed by atoms with Crippen LogP contribution in [0, 0.1) is 0 Å². The Bertz CT molecular complexity index is 326. The zero-order valence-electron chi connectivity index (χ0n) is 10.7. The minimum absolute atomic E-state index is 0.175. The normalized spacial score (nSPS) is 11.6. The van der Waals surface area contributed by atoms with Gasteiger partial charge < -0.3 is 10.5 Å². The van der Waals surface area contributed by atoms with Crippen LogP contribution in [0.3, 0.4) is 0 Å². The molecule has 0 aromatic carbocycles. The molecule has 0 radical (unpaired) electrons. The summed E-state index contributed by atoms with van der Waals surface area (Å²) in [5.74, 6) is 0.687. The van der Waals surface area contributed by atoms with Crippen molar-refractivity contribution in [3.05, 3.63) is 23.4 Å². The van der Waals surface area contributed by atoms with Crippen molar-refractivity contribution >= 4 is 0 Å². The van der Waals surface area contributed by atoms with Gasteiger partial charge in [-0.05, 0) is 38.3 Å². The molecule has 2 N–H and O–H groups in total. The highest BCUT2D eigenvalue weighted by molar-refractivity contribution is 5.25. The fourth-order valence-corrected chi connectivity index (χ4v) is 1.33. The quantitative estimate of drug-likeness (QED) is 0.833. The molecule has 0 unspecified atom stereocenters. The van der Waals surface area contributed by atoms with E-state index in [1.54, 1.807) is 0 Å². The van der Waals surface area contributed by atoms with Gasteiger partial charge in [0.15, 0.2) is 0 Å². The highest BCUT2D eigenvalue weighted by Crippen LogP contribution is 2.20. The summed E-state index contributed by atoms with van der Waals surface area (Å²) in [4.78, 5) is 4.46. The predicted molar refractivity (Wildman–Crippen MR) is 66.5 cm³/mol. The number of hydrogen-bond donors (Lipinski definition) is 1. The van der Waals surface area contributed by atoms with Gasteiger partial charge in [-0.25, -0.2) is 4.98 Å². The van der Waals surface area contributed by atoms with E-state index in [2.05, 4.69) is 32.7 Å². The smallest absolute Gasteiger partial charge is 0.214 e. The molecule has 1 aromatic heterocycles. The fraction of sp³-hybridized carbons (Fsp3) is 0.615. The van der Waals surface area contributed by atoms with Crippen molar-refractivity contribution in [3.63, 3.8) is 0 Å². The third-order valence-corrected chi connectivity index (χ3v) is 2.74. The van der Waals surface area contributed by atoms with E-state index >= 15 is 0 Å². The van der Waals surface area contributed by atoms with Gasteiger partial charge in [-0.1, -0.05) is 13.8 Å². The number of ether oxygens (including phenoxy) is 1. The number of nitrogens with zero attached hydrogens (tertiary/aromatic N) is 1. The number of pyridine rings is 1. The van der Waals surface area contributed by atoms with Crippen molar-refractivity contribution < 1.29 is 4.74 Å². The first-order valence-corrected chi connectivity index (χ1v) is 5.89. The van der Waals surface area contributed by atoms with Crippen LogP contribution in [0.25, 0.3) is 0 Å². The van der Waals surface area contributed by atoms with E-state index in [-0.39, 0.29) is 5.60 Å². The molecule has 0 saturated heterocycles. The van der Waals surface area contributed by atoms with Gasteiger partial charge in [0, 0.05) is 18.3 Å². The molecule has 3 heteroatoms. The summed E-state index contributed by atoms with van der Waals surface area (Å²) in [7, 11) is 0. The summed E-state index contributed by atoms with van der Waals surface area (Å²) in [6.07, 6.45) is 1.85. The lowest BCUT2D eigenvalue weighted by Gasteiger charge is -2.24. The summed E-state index contributed by atoms with van der Waals surface area (Å²) in [6, 6.07) is 3.96. The van der Waals surface area contributed by atoms with Gasteiger partial charge in [0.05, 0.1) is 0 Å². The van der Waals surface area contributed by atoms with Gasteiger partial charge in [0.25, 0.3) is 0 Å². The lowest BCUT2D eigenvalue weighted by atomic mass is 10.1. The Morgan fingerprint density at radius 3 is 2.50 bits per heavy atom. The van der Waals surface area contributed by atoms with E-state index in [9.17, 15) is 0 Å². The molecular weight excluding hydrogens is 200 g/mol. The largest absolute Gasteiger partial charge is 0.472 e. The first kappa shape index (κ1) is 13.0. The minimum Gasteiger partial charge on any atom is -0.472 e. The second-order valence-electron chi connectivity index (χ2n) is 4.58. The van der Waals surface area contributed by atoms with Crippen molar-refractivity contribution in [1.82, 2.24) is 4.98 Å². The maximum absolute atomic E-state index is 5.87. The molecule has 16 heavy (non-hydrogen) atoms. The Labute approximate surface area is 98.0 Å². The van der Waals surface area contributed by atoms with Crippen molar-refractivity contribution in [3.8, 4) is 5.88 Å². The second kappa shape index (κ2) is 5.30. The Kier molecular flexibility index (Phi) is 4.30. The molecule has 90 valence electrons. The Hall–Kier alpha value is -1.09. The number of rotatable bonds is 5. The number of aryl methyl sites for hydroxylation is 1. The minimum atomic E-state index is -0.175. The van der Waals surface area contributed by atoms with Crippen molar-refractivity contribution in [1.29, 1.82) is 0 Å². The topological polar surface area (TPSA) is 48.1 Å². The highest BCUT2D eigenvalue weighted by atomic mass is 16.5. The van der Waals surface area contributed by atoms with Crippen LogP contribution >= 0.6 is 0 Å². The van der Waals surface area contributed by atoms with E-state index < -0.39 is 0 Å². The lowest BCUT2D eigenvalue weighted by Crippen LogP contribution is -2.27. The molecular formula is C13H22N2O. The summed E-state index contributed by atoms with van der Waals surface area (Å²) in [5, 5.41) is 0. The zero-order chi connectivity index (χ0) is 12.2. The molecule has 0 fully saturated rings. The summed E-state index contributed by atoms with van der Waals surface area (Å²) in [6.45, 7) is 8.84. The SMILES string of the molecule is CCc1cc(CN)cc(OC(C)(C)CC)n1. The van der Waals surface area contributed by atoms with Gasteiger partial charge in [-0.2, -0.15) is 0 Å². The Balaban J connectivity index is 2.95. The average molecular weight is 222 g/mol. The monoisotopic (exact) mass is 222 g/mol. The molecule has 1 heterocycles. The van der Waals surface area contributed by atoms with E-state index in [1.165, 1.54) is 0 Å². The summed E-state index contributed by atoms with van der Waals surface area (Å²) in [5.41, 5.74) is 7.59.